The van der Waals surface area contributed by atoms with E-state index in [2.05, 4.69) is 5.32 Å². The number of hydrogen-bond donors (Lipinski definition) is 2. The lowest BCUT2D eigenvalue weighted by Crippen LogP contribution is -2.53. The Morgan fingerprint density at radius 3 is 2.65 bits per heavy atom. The molecule has 1 fully saturated rings. The molecule has 2 N–H and O–H groups in total. The number of nitro groups is 1. The monoisotopic (exact) mass is 236 g/mol. The summed E-state index contributed by atoms with van der Waals surface area (Å²) in [5, 5.41) is 23.4. The van der Waals surface area contributed by atoms with Crippen molar-refractivity contribution in [2.75, 3.05) is 6.61 Å². The van der Waals surface area contributed by atoms with Crippen LogP contribution in [0.1, 0.15) is 24.8 Å². The molecule has 1 aromatic carbocycles. The Labute approximate surface area is 99.6 Å². The van der Waals surface area contributed by atoms with Gasteiger partial charge in [-0.3, -0.25) is 10.1 Å². The zero-order valence-electron chi connectivity index (χ0n) is 9.56. The molecule has 0 radical (unpaired) electrons. The molecular formula is C12H16N2O3. The van der Waals surface area contributed by atoms with Crippen LogP contribution in [0.25, 0.3) is 0 Å². The summed E-state index contributed by atoms with van der Waals surface area (Å²) < 4.78 is 0. The molecule has 5 heteroatoms. The van der Waals surface area contributed by atoms with Gasteiger partial charge < -0.3 is 10.4 Å². The van der Waals surface area contributed by atoms with Gasteiger partial charge in [0.25, 0.3) is 5.69 Å². The Hall–Kier alpha value is -1.46. The van der Waals surface area contributed by atoms with Gasteiger partial charge in [-0.15, -0.1) is 0 Å². The highest BCUT2D eigenvalue weighted by Gasteiger charge is 2.35. The number of para-hydroxylation sites is 1. The van der Waals surface area contributed by atoms with Crippen LogP contribution in [0.2, 0.25) is 0 Å². The molecule has 0 aromatic heterocycles. The lowest BCUT2D eigenvalue weighted by Gasteiger charge is -2.41. The minimum atomic E-state index is -0.372. The minimum absolute atomic E-state index is 0.0909. The summed E-state index contributed by atoms with van der Waals surface area (Å²) in [5.41, 5.74) is 0.577. The van der Waals surface area contributed by atoms with Gasteiger partial charge in [0.15, 0.2) is 0 Å². The van der Waals surface area contributed by atoms with E-state index in [0.717, 1.165) is 19.3 Å². The number of nitrogens with one attached hydrogen (secondary N) is 1. The Morgan fingerprint density at radius 1 is 1.41 bits per heavy atom. The Balaban J connectivity index is 2.06. The van der Waals surface area contributed by atoms with E-state index < -0.39 is 0 Å². The number of aliphatic hydroxyl groups is 1. The summed E-state index contributed by atoms with van der Waals surface area (Å²) in [6.45, 7) is 0.519. The lowest BCUT2D eigenvalue weighted by molar-refractivity contribution is -0.385. The molecule has 2 rings (SSSR count). The van der Waals surface area contributed by atoms with Crippen molar-refractivity contribution in [1.29, 1.82) is 0 Å². The number of benzene rings is 1. The number of hydrogen-bond acceptors (Lipinski definition) is 4. The van der Waals surface area contributed by atoms with Crippen LogP contribution in [0.3, 0.4) is 0 Å². The molecule has 0 amide bonds. The third kappa shape index (κ3) is 2.45. The van der Waals surface area contributed by atoms with Crippen molar-refractivity contribution in [1.82, 2.24) is 5.32 Å². The van der Waals surface area contributed by atoms with Crippen molar-refractivity contribution >= 4 is 5.69 Å². The molecular weight excluding hydrogens is 220 g/mol. The highest BCUT2D eigenvalue weighted by molar-refractivity contribution is 5.39. The smallest absolute Gasteiger partial charge is 0.273 e. The van der Waals surface area contributed by atoms with Gasteiger partial charge in [-0.1, -0.05) is 18.2 Å². The van der Waals surface area contributed by atoms with Gasteiger partial charge in [0, 0.05) is 23.7 Å². The van der Waals surface area contributed by atoms with Crippen LogP contribution in [-0.4, -0.2) is 22.2 Å². The first-order chi connectivity index (χ1) is 8.17. The molecule has 1 aliphatic carbocycles. The predicted octanol–water partition coefficient (Wildman–Crippen LogP) is 1.60. The maximum atomic E-state index is 10.8. The summed E-state index contributed by atoms with van der Waals surface area (Å²) in [7, 11) is 0. The summed E-state index contributed by atoms with van der Waals surface area (Å²) in [6.07, 6.45) is 2.97. The average Bonchev–Trinajstić information content (AvgIpc) is 2.28. The van der Waals surface area contributed by atoms with E-state index in [-0.39, 0.29) is 22.8 Å². The Bertz CT molecular complexity index is 410. The molecule has 1 aromatic rings. The van der Waals surface area contributed by atoms with Gasteiger partial charge in [0.2, 0.25) is 0 Å². The van der Waals surface area contributed by atoms with E-state index in [9.17, 15) is 15.2 Å². The van der Waals surface area contributed by atoms with E-state index in [1.165, 1.54) is 6.07 Å². The highest BCUT2D eigenvalue weighted by Crippen LogP contribution is 2.32. The average molecular weight is 236 g/mol. The maximum Gasteiger partial charge on any atom is 0.273 e. The molecule has 1 saturated carbocycles. The third-order valence-electron chi connectivity index (χ3n) is 3.46. The van der Waals surface area contributed by atoms with Crippen LogP contribution in [0, 0.1) is 10.1 Å². The fourth-order valence-corrected chi connectivity index (χ4v) is 2.12. The first-order valence-corrected chi connectivity index (χ1v) is 5.75. The molecule has 0 heterocycles. The van der Waals surface area contributed by atoms with Crippen molar-refractivity contribution in [2.24, 2.45) is 0 Å². The maximum absolute atomic E-state index is 10.8. The fourth-order valence-electron chi connectivity index (χ4n) is 2.12. The molecule has 0 aliphatic heterocycles. The van der Waals surface area contributed by atoms with E-state index in [0.29, 0.717) is 12.1 Å². The molecule has 0 atom stereocenters. The van der Waals surface area contributed by atoms with E-state index in [1.54, 1.807) is 18.2 Å². The van der Waals surface area contributed by atoms with Crippen molar-refractivity contribution in [2.45, 2.75) is 31.3 Å². The highest BCUT2D eigenvalue weighted by atomic mass is 16.6. The van der Waals surface area contributed by atoms with Crippen molar-refractivity contribution in [3.8, 4) is 0 Å². The molecule has 17 heavy (non-hydrogen) atoms. The van der Waals surface area contributed by atoms with E-state index in [1.807, 2.05) is 0 Å². The zero-order chi connectivity index (χ0) is 12.3. The molecule has 5 nitrogen and oxygen atoms in total. The molecule has 0 spiro atoms. The SMILES string of the molecule is O=[N+]([O-])c1ccccc1CNC1(CO)CCC1. The van der Waals surface area contributed by atoms with Crippen LogP contribution in [0.5, 0.6) is 0 Å². The predicted molar refractivity (Wildman–Crippen MR) is 63.6 cm³/mol. The molecule has 0 bridgehead atoms. The second-order valence-electron chi connectivity index (χ2n) is 4.53. The van der Waals surface area contributed by atoms with Gasteiger partial charge in [-0.05, 0) is 19.3 Å². The summed E-state index contributed by atoms with van der Waals surface area (Å²) in [4.78, 5) is 10.5. The van der Waals surface area contributed by atoms with Crippen molar-refractivity contribution in [3.63, 3.8) is 0 Å². The quantitative estimate of drug-likeness (QED) is 0.601. The van der Waals surface area contributed by atoms with Gasteiger partial charge in [0.05, 0.1) is 11.5 Å². The van der Waals surface area contributed by atoms with Crippen LogP contribution in [0.4, 0.5) is 5.69 Å². The van der Waals surface area contributed by atoms with Crippen LogP contribution in [0.15, 0.2) is 24.3 Å². The van der Waals surface area contributed by atoms with E-state index >= 15 is 0 Å². The lowest BCUT2D eigenvalue weighted by atomic mass is 9.77. The first-order valence-electron chi connectivity index (χ1n) is 5.75. The van der Waals surface area contributed by atoms with Gasteiger partial charge >= 0.3 is 0 Å². The van der Waals surface area contributed by atoms with Crippen LogP contribution >= 0.6 is 0 Å². The minimum Gasteiger partial charge on any atom is -0.394 e. The summed E-state index contributed by atoms with van der Waals surface area (Å²) in [5.74, 6) is 0. The van der Waals surface area contributed by atoms with Crippen LogP contribution < -0.4 is 5.32 Å². The number of rotatable bonds is 5. The Kier molecular flexibility index (Phi) is 3.40. The normalized spacial score (nSPS) is 17.5. The van der Waals surface area contributed by atoms with Gasteiger partial charge in [0.1, 0.15) is 0 Å². The summed E-state index contributed by atoms with van der Waals surface area (Å²) in [6, 6.07) is 6.70. The molecule has 0 unspecified atom stereocenters. The first kappa shape index (κ1) is 12.0. The molecule has 0 saturated heterocycles. The van der Waals surface area contributed by atoms with Crippen molar-refractivity contribution < 1.29 is 10.0 Å². The zero-order valence-corrected chi connectivity index (χ0v) is 9.56. The number of nitro benzene ring substituents is 1. The number of nitrogens with zero attached hydrogens (tertiary/aromatic N) is 1. The Morgan fingerprint density at radius 2 is 2.12 bits per heavy atom. The number of aliphatic hydroxyl groups excluding tert-OH is 1. The standard InChI is InChI=1S/C12H16N2O3/c15-9-12(6-3-7-12)13-8-10-4-1-2-5-11(10)14(16)17/h1-2,4-5,13,15H,3,6-9H2. The third-order valence-corrected chi connectivity index (χ3v) is 3.46. The van der Waals surface area contributed by atoms with Crippen molar-refractivity contribution in [3.05, 3.63) is 39.9 Å². The molecule has 1 aliphatic rings. The van der Waals surface area contributed by atoms with Gasteiger partial charge in [-0.25, -0.2) is 0 Å². The van der Waals surface area contributed by atoms with E-state index in [4.69, 9.17) is 0 Å². The van der Waals surface area contributed by atoms with Crippen LogP contribution in [-0.2, 0) is 6.54 Å². The molecule has 92 valence electrons. The second-order valence-corrected chi connectivity index (χ2v) is 4.53. The summed E-state index contributed by atoms with van der Waals surface area (Å²) >= 11 is 0. The fraction of sp³-hybridized carbons (Fsp3) is 0.500. The largest absolute Gasteiger partial charge is 0.394 e. The van der Waals surface area contributed by atoms with Gasteiger partial charge in [-0.2, -0.15) is 0 Å². The topological polar surface area (TPSA) is 75.4 Å². The second kappa shape index (κ2) is 4.81.